The molecule has 3 fully saturated rings. The highest BCUT2D eigenvalue weighted by molar-refractivity contribution is 9.10. The fourth-order valence-corrected chi connectivity index (χ4v) is 8.92. The lowest BCUT2D eigenvalue weighted by Gasteiger charge is -2.64. The zero-order valence-corrected chi connectivity index (χ0v) is 22.1. The van der Waals surface area contributed by atoms with Gasteiger partial charge in [-0.05, 0) is 62.5 Å². The molecule has 0 spiro atoms. The van der Waals surface area contributed by atoms with Gasteiger partial charge in [-0.25, -0.2) is 4.79 Å². The molecule has 3 saturated carbocycles. The predicted octanol–water partition coefficient (Wildman–Crippen LogP) is 3.68. The molecule has 192 valence electrons. The van der Waals surface area contributed by atoms with E-state index in [-0.39, 0.29) is 30.6 Å². The molecule has 0 bridgehead atoms. The number of aliphatic hydroxyl groups is 1. The number of Topliss-reactive ketones (excluding diaryl/α,β-unsaturated/α-hetero) is 1. The third-order valence-electron chi connectivity index (χ3n) is 9.43. The zero-order chi connectivity index (χ0) is 25.8. The van der Waals surface area contributed by atoms with E-state index in [2.05, 4.69) is 22.9 Å². The molecule has 2 unspecified atom stereocenters. The van der Waals surface area contributed by atoms with E-state index in [1.54, 1.807) is 19.1 Å². The lowest BCUT2D eigenvalue weighted by molar-refractivity contribution is -0.184. The van der Waals surface area contributed by atoms with Crippen LogP contribution in [0.3, 0.4) is 0 Å². The first-order chi connectivity index (χ1) is 16.4. The molecule has 4 aliphatic rings. The second-order valence-corrected chi connectivity index (χ2v) is 12.1. The molecule has 9 heteroatoms. The molecule has 0 aromatic rings. The Balaban J connectivity index is 1.74. The lowest BCUT2D eigenvalue weighted by Crippen LogP contribution is -2.69. The molecular formula is C26H33BrO8. The lowest BCUT2D eigenvalue weighted by atomic mass is 9.46. The van der Waals surface area contributed by atoms with Gasteiger partial charge in [-0.2, -0.15) is 0 Å². The van der Waals surface area contributed by atoms with Crippen molar-refractivity contribution in [1.29, 1.82) is 0 Å². The number of fused-ring (bicyclic) bond motifs is 5. The fraction of sp³-hybridized carbons (Fsp3) is 0.692. The molecule has 0 radical (unpaired) electrons. The van der Waals surface area contributed by atoms with Crippen LogP contribution in [0.25, 0.3) is 0 Å². The summed E-state index contributed by atoms with van der Waals surface area (Å²) in [6.07, 6.45) is 5.73. The number of allylic oxidation sites excluding steroid dienone is 4. The number of ether oxygens (including phenoxy) is 3. The zero-order valence-electron chi connectivity index (χ0n) is 20.5. The third-order valence-corrected chi connectivity index (χ3v) is 11.3. The van der Waals surface area contributed by atoms with Crippen LogP contribution < -0.4 is 0 Å². The Morgan fingerprint density at radius 1 is 1.26 bits per heavy atom. The Morgan fingerprint density at radius 3 is 2.63 bits per heavy atom. The minimum absolute atomic E-state index is 0.0542. The third kappa shape index (κ3) is 3.48. The van der Waals surface area contributed by atoms with E-state index in [0.29, 0.717) is 25.7 Å². The van der Waals surface area contributed by atoms with E-state index < -0.39 is 51.3 Å². The number of carbonyl (C=O) groups is 4. The highest BCUT2D eigenvalue weighted by Gasteiger charge is 2.75. The van der Waals surface area contributed by atoms with Gasteiger partial charge in [-0.1, -0.05) is 48.4 Å². The van der Waals surface area contributed by atoms with Gasteiger partial charge in [0.05, 0.1) is 10.9 Å². The summed E-state index contributed by atoms with van der Waals surface area (Å²) < 4.78 is 14.7. The SMILES string of the molecule is CCOC(=O)OCC(=O)[C@@]1(O)[C@@H](C)CC2C3CCC4=CC(=O)C=C[C@]4(C)[C@@]3(Br)[C@@H](OC=O)C[C@@]21C. The summed E-state index contributed by atoms with van der Waals surface area (Å²) in [6.45, 7) is 7.33. The molecule has 0 saturated heterocycles. The van der Waals surface area contributed by atoms with E-state index in [4.69, 9.17) is 14.2 Å². The van der Waals surface area contributed by atoms with Crippen LogP contribution in [-0.2, 0) is 28.6 Å². The van der Waals surface area contributed by atoms with Gasteiger partial charge in [-0.15, -0.1) is 0 Å². The van der Waals surface area contributed by atoms with Crippen molar-refractivity contribution in [3.05, 3.63) is 23.8 Å². The summed E-state index contributed by atoms with van der Waals surface area (Å²) in [5, 5.41) is 12.0. The molecule has 35 heavy (non-hydrogen) atoms. The number of carbonyl (C=O) groups excluding carboxylic acids is 4. The van der Waals surface area contributed by atoms with Crippen molar-refractivity contribution in [3.63, 3.8) is 0 Å². The van der Waals surface area contributed by atoms with Crippen molar-refractivity contribution >= 4 is 40.1 Å². The van der Waals surface area contributed by atoms with Gasteiger partial charge in [-0.3, -0.25) is 14.4 Å². The highest BCUT2D eigenvalue weighted by Crippen LogP contribution is 2.72. The van der Waals surface area contributed by atoms with E-state index in [1.807, 2.05) is 19.9 Å². The molecule has 4 rings (SSSR count). The topological polar surface area (TPSA) is 116 Å². The van der Waals surface area contributed by atoms with Crippen molar-refractivity contribution in [2.24, 2.45) is 28.6 Å². The quantitative estimate of drug-likeness (QED) is 0.301. The summed E-state index contributed by atoms with van der Waals surface area (Å²) in [6, 6.07) is 0. The molecular weight excluding hydrogens is 520 g/mol. The fourth-order valence-electron chi connectivity index (χ4n) is 7.71. The van der Waals surface area contributed by atoms with E-state index in [0.717, 1.165) is 5.57 Å². The van der Waals surface area contributed by atoms with Crippen LogP contribution in [0.2, 0.25) is 0 Å². The smallest absolute Gasteiger partial charge is 0.463 e. The number of hydrogen-bond donors (Lipinski definition) is 1. The Labute approximate surface area is 213 Å². The minimum Gasteiger partial charge on any atom is -0.463 e. The van der Waals surface area contributed by atoms with Crippen LogP contribution in [0.4, 0.5) is 4.79 Å². The number of ketones is 2. The van der Waals surface area contributed by atoms with Gasteiger partial charge in [0, 0.05) is 10.8 Å². The second-order valence-electron chi connectivity index (χ2n) is 10.8. The first kappa shape index (κ1) is 26.1. The molecule has 0 aromatic heterocycles. The Hall–Kier alpha value is -2.00. The number of hydrogen-bond acceptors (Lipinski definition) is 8. The van der Waals surface area contributed by atoms with Crippen LogP contribution in [0.5, 0.6) is 0 Å². The molecule has 8 nitrogen and oxygen atoms in total. The average Bonchev–Trinajstić information content (AvgIpc) is 3.01. The Kier molecular flexibility index (Phi) is 6.58. The van der Waals surface area contributed by atoms with Gasteiger partial charge >= 0.3 is 6.16 Å². The standard InChI is InChI=1S/C26H33BrO8/c1-5-33-22(31)34-13-20(30)26(32)15(2)10-19-18-7-6-16-11-17(29)8-9-23(16,3)25(18,27)21(35-14-28)12-24(19,26)4/h8-9,11,14-15,18-19,21,32H,5-7,10,12-13H2,1-4H3/t15-,18?,19?,21-,23-,24-,25-,26-/m0/s1. The minimum atomic E-state index is -1.78. The first-order valence-corrected chi connectivity index (χ1v) is 13.0. The van der Waals surface area contributed by atoms with Crippen LogP contribution >= 0.6 is 15.9 Å². The molecule has 0 heterocycles. The molecule has 8 atom stereocenters. The van der Waals surface area contributed by atoms with Crippen LogP contribution in [0.15, 0.2) is 23.8 Å². The number of alkyl halides is 1. The monoisotopic (exact) mass is 552 g/mol. The maximum Gasteiger partial charge on any atom is 0.508 e. The van der Waals surface area contributed by atoms with Crippen LogP contribution in [0, 0.1) is 28.6 Å². The van der Waals surface area contributed by atoms with Crippen molar-refractivity contribution < 1.29 is 38.5 Å². The van der Waals surface area contributed by atoms with Crippen molar-refractivity contribution in [2.45, 2.75) is 69.4 Å². The molecule has 0 aliphatic heterocycles. The largest absolute Gasteiger partial charge is 0.508 e. The summed E-state index contributed by atoms with van der Waals surface area (Å²) in [5.41, 5.74) is -2.30. The maximum absolute atomic E-state index is 13.4. The van der Waals surface area contributed by atoms with Gasteiger partial charge in [0.2, 0.25) is 5.78 Å². The van der Waals surface area contributed by atoms with Gasteiger partial charge in [0.1, 0.15) is 11.7 Å². The second kappa shape index (κ2) is 8.83. The summed E-state index contributed by atoms with van der Waals surface area (Å²) in [4.78, 5) is 48.9. The average molecular weight is 553 g/mol. The Bertz CT molecular complexity index is 1010. The number of rotatable bonds is 6. The number of halogens is 1. The van der Waals surface area contributed by atoms with Gasteiger partial charge in [0.25, 0.3) is 6.47 Å². The molecule has 0 amide bonds. The van der Waals surface area contributed by atoms with Gasteiger partial charge < -0.3 is 19.3 Å². The molecule has 0 aromatic carbocycles. The normalized spacial score (nSPS) is 43.8. The predicted molar refractivity (Wildman–Crippen MR) is 129 cm³/mol. The summed E-state index contributed by atoms with van der Waals surface area (Å²) in [7, 11) is 0. The first-order valence-electron chi connectivity index (χ1n) is 12.2. The molecule has 4 aliphatic carbocycles. The van der Waals surface area contributed by atoms with Crippen molar-refractivity contribution in [2.75, 3.05) is 13.2 Å². The van der Waals surface area contributed by atoms with Crippen LogP contribution in [0.1, 0.15) is 53.4 Å². The van der Waals surface area contributed by atoms with E-state index in [1.165, 1.54) is 0 Å². The summed E-state index contributed by atoms with van der Waals surface area (Å²) >= 11 is 4.04. The maximum atomic E-state index is 13.4. The Morgan fingerprint density at radius 2 is 1.97 bits per heavy atom. The van der Waals surface area contributed by atoms with Gasteiger partial charge in [0.15, 0.2) is 12.4 Å². The van der Waals surface area contributed by atoms with E-state index in [9.17, 15) is 24.3 Å². The molecule has 1 N–H and O–H groups in total. The summed E-state index contributed by atoms with van der Waals surface area (Å²) in [5.74, 6) is -1.18. The van der Waals surface area contributed by atoms with Crippen molar-refractivity contribution in [3.8, 4) is 0 Å². The van der Waals surface area contributed by atoms with E-state index >= 15 is 0 Å². The highest BCUT2D eigenvalue weighted by atomic mass is 79.9. The van der Waals surface area contributed by atoms with Crippen LogP contribution in [-0.4, -0.2) is 58.5 Å². The van der Waals surface area contributed by atoms with Crippen molar-refractivity contribution in [1.82, 2.24) is 0 Å².